The lowest BCUT2D eigenvalue weighted by molar-refractivity contribution is 0.246. The second-order valence-corrected chi connectivity index (χ2v) is 4.67. The smallest absolute Gasteiger partial charge is 0.0665 e. The Labute approximate surface area is 93.4 Å². The molecule has 1 heterocycles. The summed E-state index contributed by atoms with van der Waals surface area (Å²) in [5.41, 5.74) is 6.71. The van der Waals surface area contributed by atoms with Gasteiger partial charge in [0.1, 0.15) is 0 Å². The summed E-state index contributed by atoms with van der Waals surface area (Å²) < 4.78 is 0. The highest BCUT2D eigenvalue weighted by atomic mass is 35.5. The Hall–Kier alpha value is -0.310. The van der Waals surface area contributed by atoms with E-state index in [1.54, 1.807) is 12.3 Å². The van der Waals surface area contributed by atoms with Crippen molar-refractivity contribution in [2.24, 2.45) is 5.73 Å². The lowest BCUT2D eigenvalue weighted by Gasteiger charge is -2.40. The molecule has 2 N–H and O–H groups in total. The van der Waals surface area contributed by atoms with Crippen LogP contribution in [0.5, 0.6) is 0 Å². The normalized spacial score (nSPS) is 19.1. The molecule has 0 amide bonds. The van der Waals surface area contributed by atoms with Gasteiger partial charge in [-0.3, -0.25) is 4.98 Å². The standard InChI is InChI=1S/C10H12Cl2N2/c11-7-4-8(12)9(14-5-7)10(6-13)2-1-3-10/h4-5H,1-3,6,13H2. The first-order chi connectivity index (χ1) is 6.68. The Morgan fingerprint density at radius 2 is 2.14 bits per heavy atom. The zero-order chi connectivity index (χ0) is 10.2. The highest BCUT2D eigenvalue weighted by Gasteiger charge is 2.40. The number of rotatable bonds is 2. The molecule has 0 bridgehead atoms. The lowest BCUT2D eigenvalue weighted by Crippen LogP contribution is -2.42. The molecule has 0 spiro atoms. The van der Waals surface area contributed by atoms with Crippen molar-refractivity contribution in [2.75, 3.05) is 6.54 Å². The fourth-order valence-corrected chi connectivity index (χ4v) is 2.53. The van der Waals surface area contributed by atoms with Crippen molar-refractivity contribution in [1.29, 1.82) is 0 Å². The molecule has 0 radical (unpaired) electrons. The summed E-state index contributed by atoms with van der Waals surface area (Å²) in [7, 11) is 0. The lowest BCUT2D eigenvalue weighted by atomic mass is 9.66. The summed E-state index contributed by atoms with van der Waals surface area (Å²) in [6, 6.07) is 1.74. The highest BCUT2D eigenvalue weighted by molar-refractivity contribution is 6.34. The molecule has 0 saturated heterocycles. The third-order valence-corrected chi connectivity index (χ3v) is 3.51. The molecule has 2 rings (SSSR count). The first kappa shape index (κ1) is 10.2. The molecular formula is C10H12Cl2N2. The number of aromatic nitrogens is 1. The van der Waals surface area contributed by atoms with Gasteiger partial charge in [0, 0.05) is 18.2 Å². The molecule has 1 aliphatic rings. The fraction of sp³-hybridized carbons (Fsp3) is 0.500. The van der Waals surface area contributed by atoms with Gasteiger partial charge in [0.15, 0.2) is 0 Å². The van der Waals surface area contributed by atoms with Gasteiger partial charge in [-0.15, -0.1) is 0 Å². The summed E-state index contributed by atoms with van der Waals surface area (Å²) in [4.78, 5) is 4.30. The SMILES string of the molecule is NCC1(c2ncc(Cl)cc2Cl)CCC1. The minimum atomic E-state index is 0.0155. The Bertz CT molecular complexity index is 342. The van der Waals surface area contributed by atoms with E-state index in [1.165, 1.54) is 6.42 Å². The average Bonchev–Trinajstić information content (AvgIpc) is 2.07. The van der Waals surface area contributed by atoms with E-state index in [9.17, 15) is 0 Å². The second-order valence-electron chi connectivity index (χ2n) is 3.82. The van der Waals surface area contributed by atoms with E-state index in [0.29, 0.717) is 16.6 Å². The zero-order valence-corrected chi connectivity index (χ0v) is 9.28. The molecule has 2 nitrogen and oxygen atoms in total. The quantitative estimate of drug-likeness (QED) is 0.849. The van der Waals surface area contributed by atoms with Crippen molar-refractivity contribution in [1.82, 2.24) is 4.98 Å². The topological polar surface area (TPSA) is 38.9 Å². The summed E-state index contributed by atoms with van der Waals surface area (Å²) >= 11 is 11.9. The average molecular weight is 231 g/mol. The van der Waals surface area contributed by atoms with Gasteiger partial charge >= 0.3 is 0 Å². The van der Waals surface area contributed by atoms with E-state index in [4.69, 9.17) is 28.9 Å². The molecule has 0 unspecified atom stereocenters. The van der Waals surface area contributed by atoms with Gasteiger partial charge in [0.05, 0.1) is 15.7 Å². The number of nitrogens with two attached hydrogens (primary N) is 1. The van der Waals surface area contributed by atoms with E-state index in [1.807, 2.05) is 0 Å². The predicted octanol–water partition coefficient (Wildman–Crippen LogP) is 2.77. The maximum atomic E-state index is 6.10. The minimum Gasteiger partial charge on any atom is -0.330 e. The van der Waals surface area contributed by atoms with Gasteiger partial charge in [-0.2, -0.15) is 0 Å². The second kappa shape index (κ2) is 3.69. The fourth-order valence-electron chi connectivity index (χ4n) is 1.95. The van der Waals surface area contributed by atoms with Crippen LogP contribution in [0.2, 0.25) is 10.0 Å². The minimum absolute atomic E-state index is 0.0155. The third kappa shape index (κ3) is 1.52. The van der Waals surface area contributed by atoms with Crippen molar-refractivity contribution >= 4 is 23.2 Å². The van der Waals surface area contributed by atoms with Crippen LogP contribution in [-0.4, -0.2) is 11.5 Å². The van der Waals surface area contributed by atoms with Crippen LogP contribution < -0.4 is 5.73 Å². The molecular weight excluding hydrogens is 219 g/mol. The number of pyridine rings is 1. The van der Waals surface area contributed by atoms with Gasteiger partial charge in [-0.25, -0.2) is 0 Å². The molecule has 0 aliphatic heterocycles. The number of hydrogen-bond acceptors (Lipinski definition) is 2. The van der Waals surface area contributed by atoms with Gasteiger partial charge in [0.2, 0.25) is 0 Å². The summed E-state index contributed by atoms with van der Waals surface area (Å²) in [6.07, 6.45) is 5.01. The Balaban J connectivity index is 2.40. The van der Waals surface area contributed by atoms with E-state index in [-0.39, 0.29) is 5.41 Å². The first-order valence-corrected chi connectivity index (χ1v) is 5.45. The monoisotopic (exact) mass is 230 g/mol. The molecule has 76 valence electrons. The summed E-state index contributed by atoms with van der Waals surface area (Å²) in [5.74, 6) is 0. The summed E-state index contributed by atoms with van der Waals surface area (Å²) in [5, 5.41) is 1.22. The maximum absolute atomic E-state index is 6.10. The van der Waals surface area contributed by atoms with Crippen LogP contribution in [0.25, 0.3) is 0 Å². The Morgan fingerprint density at radius 3 is 2.57 bits per heavy atom. The number of hydrogen-bond donors (Lipinski definition) is 1. The molecule has 1 saturated carbocycles. The van der Waals surface area contributed by atoms with Crippen LogP contribution >= 0.6 is 23.2 Å². The van der Waals surface area contributed by atoms with Crippen LogP contribution in [0, 0.1) is 0 Å². The van der Waals surface area contributed by atoms with Gasteiger partial charge in [0.25, 0.3) is 0 Å². The van der Waals surface area contributed by atoms with Gasteiger partial charge in [-0.1, -0.05) is 29.6 Å². The highest BCUT2D eigenvalue weighted by Crippen LogP contribution is 2.44. The van der Waals surface area contributed by atoms with Crippen molar-refractivity contribution in [2.45, 2.75) is 24.7 Å². The van der Waals surface area contributed by atoms with Crippen LogP contribution in [-0.2, 0) is 5.41 Å². The predicted molar refractivity (Wildman–Crippen MR) is 58.8 cm³/mol. The van der Waals surface area contributed by atoms with Crippen LogP contribution in [0.15, 0.2) is 12.3 Å². The van der Waals surface area contributed by atoms with E-state index in [0.717, 1.165) is 18.5 Å². The summed E-state index contributed by atoms with van der Waals surface area (Å²) in [6.45, 7) is 0.612. The van der Waals surface area contributed by atoms with Crippen LogP contribution in [0.1, 0.15) is 25.0 Å². The molecule has 1 aromatic rings. The third-order valence-electron chi connectivity index (χ3n) is 3.01. The van der Waals surface area contributed by atoms with Crippen molar-refractivity contribution in [3.05, 3.63) is 28.0 Å². The van der Waals surface area contributed by atoms with Crippen molar-refractivity contribution < 1.29 is 0 Å². The molecule has 1 aromatic heterocycles. The molecule has 0 atom stereocenters. The van der Waals surface area contributed by atoms with Crippen LogP contribution in [0.4, 0.5) is 0 Å². The number of halogens is 2. The first-order valence-electron chi connectivity index (χ1n) is 4.69. The van der Waals surface area contributed by atoms with Crippen molar-refractivity contribution in [3.63, 3.8) is 0 Å². The maximum Gasteiger partial charge on any atom is 0.0665 e. The Kier molecular flexibility index (Phi) is 2.69. The van der Waals surface area contributed by atoms with E-state index in [2.05, 4.69) is 4.98 Å². The molecule has 1 aliphatic carbocycles. The molecule has 4 heteroatoms. The molecule has 0 aromatic carbocycles. The Morgan fingerprint density at radius 1 is 1.43 bits per heavy atom. The van der Waals surface area contributed by atoms with E-state index >= 15 is 0 Å². The largest absolute Gasteiger partial charge is 0.330 e. The zero-order valence-electron chi connectivity index (χ0n) is 7.76. The van der Waals surface area contributed by atoms with Gasteiger partial charge < -0.3 is 5.73 Å². The number of nitrogens with zero attached hydrogens (tertiary/aromatic N) is 1. The van der Waals surface area contributed by atoms with Crippen LogP contribution in [0.3, 0.4) is 0 Å². The molecule has 1 fully saturated rings. The molecule has 14 heavy (non-hydrogen) atoms. The van der Waals surface area contributed by atoms with E-state index < -0.39 is 0 Å². The van der Waals surface area contributed by atoms with Crippen molar-refractivity contribution in [3.8, 4) is 0 Å². The van der Waals surface area contributed by atoms with Gasteiger partial charge in [-0.05, 0) is 18.9 Å².